The summed E-state index contributed by atoms with van der Waals surface area (Å²) in [6.07, 6.45) is 66.7. The van der Waals surface area contributed by atoms with Crippen molar-refractivity contribution in [2.45, 2.75) is 225 Å². The molecule has 0 amide bonds. The van der Waals surface area contributed by atoms with Crippen LogP contribution in [0.3, 0.4) is 0 Å². The minimum atomic E-state index is -1.29. The average molecular weight is 974 g/mol. The molecule has 0 aliphatic carbocycles. The van der Waals surface area contributed by atoms with Crippen molar-refractivity contribution in [3.05, 3.63) is 109 Å². The van der Waals surface area contributed by atoms with Crippen LogP contribution in [0.15, 0.2) is 109 Å². The molecule has 0 atom stereocenters. The van der Waals surface area contributed by atoms with Gasteiger partial charge in [-0.25, -0.2) is 0 Å². The number of nitrogens with one attached hydrogen (secondary N) is 1. The fraction of sp³-hybridized carbons (Fsp3) is 0.639. The van der Waals surface area contributed by atoms with Crippen molar-refractivity contribution >= 4 is 23.9 Å². The van der Waals surface area contributed by atoms with Crippen molar-refractivity contribution in [2.24, 2.45) is 0 Å². The van der Waals surface area contributed by atoms with Gasteiger partial charge in [-0.3, -0.25) is 19.2 Å². The summed E-state index contributed by atoms with van der Waals surface area (Å²) in [7, 11) is 0. The van der Waals surface area contributed by atoms with E-state index in [2.05, 4.69) is 135 Å². The Morgan fingerprint density at radius 1 is 0.357 bits per heavy atom. The van der Waals surface area contributed by atoms with Crippen LogP contribution in [0.25, 0.3) is 0 Å². The summed E-state index contributed by atoms with van der Waals surface area (Å²) < 4.78 is 17.3. The number of ether oxygens (including phenoxy) is 3. The largest absolute Gasteiger partial charge is 0.481 e. The second kappa shape index (κ2) is 52.3. The van der Waals surface area contributed by atoms with E-state index in [1.54, 1.807) is 0 Å². The molecular weight excluding hydrogens is 875 g/mol. The van der Waals surface area contributed by atoms with Crippen LogP contribution in [0.2, 0.25) is 0 Å². The van der Waals surface area contributed by atoms with Crippen LogP contribution in [-0.2, 0) is 33.4 Å². The maximum absolute atomic E-state index is 13.0. The minimum absolute atomic E-state index is 0.00951. The quantitative estimate of drug-likeness (QED) is 0.0265. The van der Waals surface area contributed by atoms with E-state index < -0.39 is 29.4 Å². The molecule has 0 aliphatic heterocycles. The number of esters is 3. The summed E-state index contributed by atoms with van der Waals surface area (Å²) in [5.74, 6) is -2.19. The monoisotopic (exact) mass is 974 g/mol. The first-order valence-corrected chi connectivity index (χ1v) is 27.6. The van der Waals surface area contributed by atoms with Crippen LogP contribution >= 0.6 is 0 Å². The molecule has 0 aromatic carbocycles. The molecule has 0 saturated heterocycles. The summed E-state index contributed by atoms with van der Waals surface area (Å²) in [4.78, 5) is 50.6. The van der Waals surface area contributed by atoms with Crippen LogP contribution < -0.4 is 5.32 Å². The fourth-order valence-electron chi connectivity index (χ4n) is 7.25. The van der Waals surface area contributed by atoms with Gasteiger partial charge in [0.1, 0.15) is 25.4 Å². The molecule has 9 nitrogen and oxygen atoms in total. The number of rotatable bonds is 49. The van der Waals surface area contributed by atoms with E-state index in [1.807, 2.05) is 0 Å². The Bertz CT molecular complexity index is 1380. The van der Waals surface area contributed by atoms with Crippen LogP contribution in [0.5, 0.6) is 0 Å². The van der Waals surface area contributed by atoms with Gasteiger partial charge in [0.05, 0.1) is 6.42 Å². The Morgan fingerprint density at radius 2 is 0.614 bits per heavy atom. The van der Waals surface area contributed by atoms with Crippen LogP contribution in [0, 0.1) is 0 Å². The lowest BCUT2D eigenvalue weighted by Gasteiger charge is -2.33. The maximum Gasteiger partial charge on any atom is 0.305 e. The third kappa shape index (κ3) is 48.5. The number of carbonyl (C=O) groups excluding carboxylic acids is 3. The van der Waals surface area contributed by atoms with Gasteiger partial charge in [0.25, 0.3) is 0 Å². The second-order valence-corrected chi connectivity index (χ2v) is 18.1. The molecule has 0 bridgehead atoms. The van der Waals surface area contributed by atoms with Crippen molar-refractivity contribution in [1.82, 2.24) is 5.32 Å². The summed E-state index contributed by atoms with van der Waals surface area (Å²) in [6, 6.07) is 0. The van der Waals surface area contributed by atoms with E-state index in [1.165, 1.54) is 0 Å². The third-order valence-corrected chi connectivity index (χ3v) is 11.5. The Kier molecular flexibility index (Phi) is 49.0. The first-order valence-electron chi connectivity index (χ1n) is 27.6. The molecule has 0 rings (SSSR count). The molecule has 0 aromatic rings. The highest BCUT2D eigenvalue weighted by Gasteiger charge is 2.35. The van der Waals surface area contributed by atoms with Crippen molar-refractivity contribution in [2.75, 3.05) is 26.4 Å². The molecule has 0 aromatic heterocycles. The number of carboxylic acid groups (broad SMARTS) is 1. The normalized spacial score (nSPS) is 12.6. The van der Waals surface area contributed by atoms with E-state index in [0.717, 1.165) is 154 Å². The molecule has 2 N–H and O–H groups in total. The summed E-state index contributed by atoms with van der Waals surface area (Å²) in [5, 5.41) is 12.6. The van der Waals surface area contributed by atoms with E-state index in [4.69, 9.17) is 14.2 Å². The smallest absolute Gasteiger partial charge is 0.305 e. The summed E-state index contributed by atoms with van der Waals surface area (Å²) >= 11 is 0. The molecule has 0 unspecified atom stereocenters. The molecule has 9 heteroatoms. The van der Waals surface area contributed by atoms with Crippen LogP contribution in [0.1, 0.15) is 220 Å². The maximum atomic E-state index is 13.0. The SMILES string of the molecule is CC/C=C\C/C=C\C/C=C\CCCCCCCC(=O)OCC(COC(=O)CCCCCCC/C=C\C/C=C\C/C=C\CC)(COC(=O)CCCCCCC/C=C\C/C=C\C/C=C\CC)NCCC(=O)O. The first-order chi connectivity index (χ1) is 34.3. The van der Waals surface area contributed by atoms with Crippen LogP contribution in [-0.4, -0.2) is 60.9 Å². The van der Waals surface area contributed by atoms with Gasteiger partial charge < -0.3 is 24.6 Å². The van der Waals surface area contributed by atoms with Gasteiger partial charge in [-0.1, -0.05) is 188 Å². The molecule has 396 valence electrons. The first kappa shape index (κ1) is 65.5. The number of hydrogen-bond acceptors (Lipinski definition) is 8. The van der Waals surface area contributed by atoms with Crippen molar-refractivity contribution in [1.29, 1.82) is 0 Å². The molecular formula is C61H99NO8. The topological polar surface area (TPSA) is 128 Å². The van der Waals surface area contributed by atoms with Crippen molar-refractivity contribution < 1.29 is 38.5 Å². The summed E-state index contributed by atoms with van der Waals surface area (Å²) in [5.41, 5.74) is -1.29. The number of carbonyl (C=O) groups is 4. The van der Waals surface area contributed by atoms with Crippen molar-refractivity contribution in [3.8, 4) is 0 Å². The van der Waals surface area contributed by atoms with Gasteiger partial charge in [0.2, 0.25) is 0 Å². The Hall–Kier alpha value is -4.50. The van der Waals surface area contributed by atoms with Gasteiger partial charge >= 0.3 is 23.9 Å². The number of carboxylic acids is 1. The fourth-order valence-corrected chi connectivity index (χ4v) is 7.25. The summed E-state index contributed by atoms with van der Waals surface area (Å²) in [6.45, 7) is 5.73. The van der Waals surface area contributed by atoms with Crippen molar-refractivity contribution in [3.63, 3.8) is 0 Å². The van der Waals surface area contributed by atoms with Gasteiger partial charge in [-0.15, -0.1) is 0 Å². The molecule has 0 saturated carbocycles. The third-order valence-electron chi connectivity index (χ3n) is 11.5. The highest BCUT2D eigenvalue weighted by molar-refractivity contribution is 5.70. The zero-order valence-corrected chi connectivity index (χ0v) is 44.4. The average Bonchev–Trinajstić information content (AvgIpc) is 3.35. The number of hydrogen-bond donors (Lipinski definition) is 2. The standard InChI is InChI=1S/C61H99NO8/c1-4-7-10-13-16-19-22-25-28-31-34-37-40-43-46-49-58(65)68-54-61(62-53-52-57(63)64,55-69-59(66)50-47-44-41-38-35-32-29-26-23-20-17-14-11-8-5-2)56-70-60(67)51-48-45-42-39-36-33-30-27-24-21-18-15-12-9-6-3/h7-12,16-21,25-30,62H,4-6,13-15,22-24,31-56H2,1-3H3,(H,63,64)/b10-7-,11-8-,12-9-,19-16-,20-17-,21-18-,28-25-,29-26-,30-27-. The minimum Gasteiger partial charge on any atom is -0.481 e. The number of unbranched alkanes of at least 4 members (excludes halogenated alkanes) is 15. The predicted octanol–water partition coefficient (Wildman–Crippen LogP) is 16.2. The predicted molar refractivity (Wildman–Crippen MR) is 294 cm³/mol. The zero-order valence-electron chi connectivity index (χ0n) is 44.4. The van der Waals surface area contributed by atoms with E-state index in [9.17, 15) is 24.3 Å². The molecule has 0 radical (unpaired) electrons. The molecule has 0 spiro atoms. The lowest BCUT2D eigenvalue weighted by molar-refractivity contribution is -0.157. The van der Waals surface area contributed by atoms with E-state index in [-0.39, 0.29) is 52.0 Å². The lowest BCUT2D eigenvalue weighted by atomic mass is 10.0. The Morgan fingerprint density at radius 3 is 0.900 bits per heavy atom. The van der Waals surface area contributed by atoms with E-state index in [0.29, 0.717) is 19.3 Å². The van der Waals surface area contributed by atoms with E-state index >= 15 is 0 Å². The highest BCUT2D eigenvalue weighted by Crippen LogP contribution is 2.16. The van der Waals surface area contributed by atoms with Gasteiger partial charge in [-0.2, -0.15) is 0 Å². The molecule has 0 fully saturated rings. The highest BCUT2D eigenvalue weighted by atomic mass is 16.6. The Labute approximate surface area is 427 Å². The zero-order chi connectivity index (χ0) is 51.1. The second-order valence-electron chi connectivity index (χ2n) is 18.1. The van der Waals surface area contributed by atoms with Gasteiger partial charge in [-0.05, 0) is 116 Å². The van der Waals surface area contributed by atoms with Gasteiger partial charge in [0.15, 0.2) is 0 Å². The number of allylic oxidation sites excluding steroid dienone is 18. The molecule has 0 heterocycles. The molecule has 70 heavy (non-hydrogen) atoms. The number of aliphatic carboxylic acids is 1. The Balaban J connectivity index is 5.10. The lowest BCUT2D eigenvalue weighted by Crippen LogP contribution is -2.57. The van der Waals surface area contributed by atoms with Crippen LogP contribution in [0.4, 0.5) is 0 Å². The van der Waals surface area contributed by atoms with Gasteiger partial charge in [0, 0.05) is 25.8 Å². The molecule has 0 aliphatic rings.